The summed E-state index contributed by atoms with van der Waals surface area (Å²) in [4.78, 5) is 14.0. The van der Waals surface area contributed by atoms with E-state index in [9.17, 15) is 9.00 Å². The number of allylic oxidation sites excluding steroid dienone is 2. The number of aromatic nitrogens is 1. The highest BCUT2D eigenvalue weighted by Crippen LogP contribution is 2.50. The molecule has 130 valence electrons. The van der Waals surface area contributed by atoms with Gasteiger partial charge in [-0.1, -0.05) is 43.2 Å². The molecular weight excluding hydrogens is 330 g/mol. The van der Waals surface area contributed by atoms with Gasteiger partial charge in [-0.2, -0.15) is 0 Å². The molecule has 2 aliphatic rings. The van der Waals surface area contributed by atoms with Gasteiger partial charge in [-0.05, 0) is 55.4 Å². The zero-order chi connectivity index (χ0) is 17.6. The van der Waals surface area contributed by atoms with Crippen LogP contribution in [0, 0.1) is 30.6 Å². The van der Waals surface area contributed by atoms with Crippen LogP contribution in [0.25, 0.3) is 0 Å². The van der Waals surface area contributed by atoms with Crippen molar-refractivity contribution in [2.75, 3.05) is 0 Å². The Morgan fingerprint density at radius 1 is 1.16 bits per heavy atom. The van der Waals surface area contributed by atoms with Crippen LogP contribution in [0.3, 0.4) is 0 Å². The maximum Gasteiger partial charge on any atom is 0.235 e. The number of benzene rings is 1. The molecule has 2 aromatic rings. The summed E-state index contributed by atoms with van der Waals surface area (Å²) in [7, 11) is -1.35. The molecule has 0 aliphatic heterocycles. The number of rotatable bonds is 4. The minimum atomic E-state index is -1.35. The van der Waals surface area contributed by atoms with Gasteiger partial charge >= 0.3 is 0 Å². The molecule has 1 heterocycles. The molecule has 3 nitrogen and oxygen atoms in total. The summed E-state index contributed by atoms with van der Waals surface area (Å²) < 4.78 is 14.6. The number of carbonyl (C=O) groups is 1. The van der Waals surface area contributed by atoms with E-state index in [1.54, 1.807) is 16.8 Å². The molecule has 4 heteroatoms. The largest absolute Gasteiger partial charge is 0.279 e. The van der Waals surface area contributed by atoms with Gasteiger partial charge in [0, 0.05) is 17.0 Å². The first-order chi connectivity index (χ1) is 12.1. The number of aryl methyl sites for hydroxylation is 1. The van der Waals surface area contributed by atoms with Crippen LogP contribution in [0.1, 0.15) is 30.1 Å². The molecule has 0 saturated heterocycles. The first-order valence-corrected chi connectivity index (χ1v) is 10.1. The van der Waals surface area contributed by atoms with Gasteiger partial charge in [0.1, 0.15) is 15.8 Å². The third-order valence-electron chi connectivity index (χ3n) is 5.75. The summed E-state index contributed by atoms with van der Waals surface area (Å²) in [6.45, 7) is 4.17. The van der Waals surface area contributed by atoms with Crippen LogP contribution in [0.15, 0.2) is 64.7 Å². The van der Waals surface area contributed by atoms with Gasteiger partial charge in [0.05, 0.1) is 0 Å². The number of hydrogen-bond donors (Lipinski definition) is 0. The van der Waals surface area contributed by atoms with Crippen molar-refractivity contribution in [3.05, 3.63) is 60.3 Å². The summed E-state index contributed by atoms with van der Waals surface area (Å²) >= 11 is 0. The second-order valence-corrected chi connectivity index (χ2v) is 8.61. The lowest BCUT2D eigenvalue weighted by Crippen LogP contribution is -2.32. The summed E-state index contributed by atoms with van der Waals surface area (Å²) in [5.41, 5.74) is 1.13. The van der Waals surface area contributed by atoms with Crippen LogP contribution in [0.5, 0.6) is 0 Å². The van der Waals surface area contributed by atoms with Crippen LogP contribution in [0.4, 0.5) is 0 Å². The smallest absolute Gasteiger partial charge is 0.235 e. The van der Waals surface area contributed by atoms with E-state index in [0.717, 1.165) is 23.3 Å². The van der Waals surface area contributed by atoms with E-state index < -0.39 is 10.8 Å². The number of hydrogen-bond acceptors (Lipinski definition) is 2. The molecule has 1 aromatic carbocycles. The van der Waals surface area contributed by atoms with E-state index in [2.05, 4.69) is 19.1 Å². The first kappa shape index (κ1) is 16.5. The van der Waals surface area contributed by atoms with Gasteiger partial charge < -0.3 is 0 Å². The summed E-state index contributed by atoms with van der Waals surface area (Å²) in [6.07, 6.45) is 8.36. The molecule has 0 N–H and O–H groups in total. The van der Waals surface area contributed by atoms with Crippen LogP contribution < -0.4 is 0 Å². The van der Waals surface area contributed by atoms with Crippen molar-refractivity contribution in [3.8, 4) is 0 Å². The molecule has 1 aromatic heterocycles. The minimum Gasteiger partial charge on any atom is -0.279 e. The summed E-state index contributed by atoms with van der Waals surface area (Å²) in [6, 6.07) is 11.3. The molecule has 0 spiro atoms. The number of fused-ring (bicyclic) bond motifs is 2. The van der Waals surface area contributed by atoms with Gasteiger partial charge in [0.2, 0.25) is 5.91 Å². The highest BCUT2D eigenvalue weighted by molar-refractivity contribution is 7.85. The van der Waals surface area contributed by atoms with Gasteiger partial charge in [0.25, 0.3) is 0 Å². The summed E-state index contributed by atoms with van der Waals surface area (Å²) in [5.74, 6) is 1.40. The molecule has 25 heavy (non-hydrogen) atoms. The van der Waals surface area contributed by atoms with Crippen LogP contribution in [-0.4, -0.2) is 14.7 Å². The van der Waals surface area contributed by atoms with Crippen molar-refractivity contribution in [2.24, 2.45) is 23.7 Å². The third kappa shape index (κ3) is 2.73. The van der Waals surface area contributed by atoms with Crippen molar-refractivity contribution < 1.29 is 9.00 Å². The van der Waals surface area contributed by atoms with E-state index in [-0.39, 0.29) is 11.8 Å². The average Bonchev–Trinajstić information content (AvgIpc) is 3.35. The molecule has 1 saturated carbocycles. The van der Waals surface area contributed by atoms with Crippen molar-refractivity contribution in [1.29, 1.82) is 0 Å². The van der Waals surface area contributed by atoms with E-state index in [0.29, 0.717) is 22.8 Å². The molecule has 4 rings (SSSR count). The zero-order valence-corrected chi connectivity index (χ0v) is 15.4. The Labute approximate surface area is 151 Å². The standard InChI is InChI=1S/C21H23NO2S/c1-3-18-15-8-9-16(13-15)20(18)21(23)22-12-4-5-19(22)25(24)17-10-6-14(2)7-11-17/h4-12,15-16,18,20H,3,13H2,1-2H3/t15-,16+,18+,20+,25?/m1/s1. The Bertz CT molecular complexity index is 849. The molecule has 2 aliphatic carbocycles. The maximum absolute atomic E-state index is 13.3. The van der Waals surface area contributed by atoms with E-state index in [4.69, 9.17) is 0 Å². The normalized spacial score (nSPS) is 28.4. The van der Waals surface area contributed by atoms with E-state index >= 15 is 0 Å². The third-order valence-corrected chi connectivity index (χ3v) is 7.17. The summed E-state index contributed by atoms with van der Waals surface area (Å²) in [5, 5.41) is 0.579. The molecule has 1 fully saturated rings. The monoisotopic (exact) mass is 353 g/mol. The lowest BCUT2D eigenvalue weighted by molar-refractivity contribution is 0.0754. The van der Waals surface area contributed by atoms with Crippen molar-refractivity contribution in [3.63, 3.8) is 0 Å². The van der Waals surface area contributed by atoms with Crippen LogP contribution in [-0.2, 0) is 10.8 Å². The predicted molar refractivity (Wildman–Crippen MR) is 98.9 cm³/mol. The number of nitrogens with zero attached hydrogens (tertiary/aromatic N) is 1. The Morgan fingerprint density at radius 3 is 2.60 bits per heavy atom. The molecule has 0 amide bonds. The molecule has 1 unspecified atom stereocenters. The Morgan fingerprint density at radius 2 is 1.88 bits per heavy atom. The van der Waals surface area contributed by atoms with Crippen LogP contribution in [0.2, 0.25) is 0 Å². The van der Waals surface area contributed by atoms with Crippen molar-refractivity contribution in [2.45, 2.75) is 36.6 Å². The molecular formula is C21H23NO2S. The zero-order valence-electron chi connectivity index (χ0n) is 14.6. The molecule has 5 atom stereocenters. The second kappa shape index (κ2) is 6.41. The maximum atomic E-state index is 13.3. The Hall–Kier alpha value is -1.94. The fourth-order valence-electron chi connectivity index (χ4n) is 4.49. The molecule has 2 bridgehead atoms. The second-order valence-electron chi connectivity index (χ2n) is 7.18. The topological polar surface area (TPSA) is 39.1 Å². The van der Waals surface area contributed by atoms with Gasteiger partial charge in [-0.3, -0.25) is 9.36 Å². The highest BCUT2D eigenvalue weighted by Gasteiger charge is 2.47. The quantitative estimate of drug-likeness (QED) is 0.762. The van der Waals surface area contributed by atoms with Crippen molar-refractivity contribution in [1.82, 2.24) is 4.57 Å². The van der Waals surface area contributed by atoms with Gasteiger partial charge in [-0.15, -0.1) is 0 Å². The number of carbonyl (C=O) groups excluding carboxylic acids is 1. The fraction of sp³-hybridized carbons (Fsp3) is 0.381. The molecule has 0 radical (unpaired) electrons. The predicted octanol–water partition coefficient (Wildman–Crippen LogP) is 4.45. The van der Waals surface area contributed by atoms with E-state index in [1.165, 1.54) is 0 Å². The Balaban J connectivity index is 1.65. The highest BCUT2D eigenvalue weighted by atomic mass is 32.2. The first-order valence-electron chi connectivity index (χ1n) is 8.98. The Kier molecular flexibility index (Phi) is 4.24. The fourth-order valence-corrected chi connectivity index (χ4v) is 5.65. The van der Waals surface area contributed by atoms with E-state index in [1.807, 2.05) is 37.3 Å². The van der Waals surface area contributed by atoms with Crippen molar-refractivity contribution >= 4 is 16.7 Å². The van der Waals surface area contributed by atoms with Crippen LogP contribution >= 0.6 is 0 Å². The average molecular weight is 353 g/mol. The minimum absolute atomic E-state index is 0.0150. The lowest BCUT2D eigenvalue weighted by atomic mass is 9.81. The van der Waals surface area contributed by atoms with Gasteiger partial charge in [0.15, 0.2) is 0 Å². The lowest BCUT2D eigenvalue weighted by Gasteiger charge is -2.26. The van der Waals surface area contributed by atoms with Gasteiger partial charge in [-0.25, -0.2) is 4.21 Å². The SMILES string of the molecule is CC[C@@H]1[C@@H](C(=O)n2cccc2S(=O)c2ccc(C)cc2)[C@H]2C=C[C@@H]1C2.